The Morgan fingerprint density at radius 3 is 2.59 bits per heavy atom. The summed E-state index contributed by atoms with van der Waals surface area (Å²) in [5.41, 5.74) is 2.03. The van der Waals surface area contributed by atoms with E-state index in [0.29, 0.717) is 0 Å². The van der Waals surface area contributed by atoms with Gasteiger partial charge >= 0.3 is 0 Å². The minimum atomic E-state index is -1.93. The second kappa shape index (κ2) is 8.47. The molecule has 0 radical (unpaired) electrons. The molecule has 29 heavy (non-hydrogen) atoms. The van der Waals surface area contributed by atoms with Crippen molar-refractivity contribution < 1.29 is 9.22 Å². The van der Waals surface area contributed by atoms with E-state index in [1.54, 1.807) is 11.8 Å². The summed E-state index contributed by atoms with van der Waals surface area (Å²) in [4.78, 5) is 21.2. The van der Waals surface area contributed by atoms with Gasteiger partial charge in [0.15, 0.2) is 13.5 Å². The third-order valence-corrected chi connectivity index (χ3v) is 13.1. The zero-order valence-corrected chi connectivity index (χ0v) is 22.3. The van der Waals surface area contributed by atoms with Gasteiger partial charge in [0.05, 0.1) is 23.8 Å². The number of amidine groups is 1. The summed E-state index contributed by atoms with van der Waals surface area (Å²) >= 11 is 3.90. The number of fused-ring (bicyclic) bond motifs is 1. The summed E-state index contributed by atoms with van der Waals surface area (Å²) in [6.07, 6.45) is 0.796. The largest absolute Gasteiger partial charge is 0.413 e. The van der Waals surface area contributed by atoms with Gasteiger partial charge < -0.3 is 4.43 Å². The molecule has 0 N–H and O–H groups in total. The highest BCUT2D eigenvalue weighted by molar-refractivity contribution is 14.1. The Bertz CT molecular complexity index is 863. The minimum Gasteiger partial charge on any atom is -0.413 e. The van der Waals surface area contributed by atoms with Crippen molar-refractivity contribution in [3.8, 4) is 0 Å². The van der Waals surface area contributed by atoms with Crippen LogP contribution in [0.2, 0.25) is 18.1 Å². The molecule has 7 heteroatoms. The number of hydrogen-bond acceptors (Lipinski definition) is 4. The monoisotopic (exact) mass is 542 g/mol. The second-order valence-electron chi connectivity index (χ2n) is 9.45. The van der Waals surface area contributed by atoms with Crippen LogP contribution in [-0.4, -0.2) is 36.4 Å². The van der Waals surface area contributed by atoms with Gasteiger partial charge in [0, 0.05) is 11.3 Å². The molecule has 158 valence electrons. The summed E-state index contributed by atoms with van der Waals surface area (Å²) in [6, 6.07) is 8.19. The number of aliphatic imine (C=N–C) groups is 1. The molecule has 2 saturated heterocycles. The van der Waals surface area contributed by atoms with Crippen LogP contribution in [0.25, 0.3) is 0 Å². The van der Waals surface area contributed by atoms with Crippen molar-refractivity contribution in [3.63, 3.8) is 0 Å². The molecule has 3 rings (SSSR count). The maximum atomic E-state index is 13.2. The number of rotatable bonds is 4. The Morgan fingerprint density at radius 2 is 2.00 bits per heavy atom. The highest BCUT2D eigenvalue weighted by atomic mass is 127. The summed E-state index contributed by atoms with van der Waals surface area (Å²) < 4.78 is 8.71. The lowest BCUT2D eigenvalue weighted by Crippen LogP contribution is -2.68. The van der Waals surface area contributed by atoms with E-state index in [1.807, 2.05) is 23.1 Å². The smallest absolute Gasteiger partial charge is 0.236 e. The summed E-state index contributed by atoms with van der Waals surface area (Å²) in [6.45, 7) is 15.3. The number of carbonyl (C=O) groups is 1. The van der Waals surface area contributed by atoms with E-state index in [2.05, 4.69) is 80.5 Å². The molecule has 0 bridgehead atoms. The molecule has 3 atom stereocenters. The van der Waals surface area contributed by atoms with Gasteiger partial charge in [-0.2, -0.15) is 0 Å². The number of para-hydroxylation sites is 1. The number of halogens is 1. The Labute approximate surface area is 193 Å². The zero-order valence-electron chi connectivity index (χ0n) is 18.3. The van der Waals surface area contributed by atoms with Crippen LogP contribution in [0.3, 0.4) is 0 Å². The van der Waals surface area contributed by atoms with Crippen LogP contribution < -0.4 is 0 Å². The molecule has 0 spiro atoms. The summed E-state index contributed by atoms with van der Waals surface area (Å²) in [5, 5.41) is 0.917. The predicted octanol–water partition coefficient (Wildman–Crippen LogP) is 6.63. The van der Waals surface area contributed by atoms with Crippen LogP contribution in [0.1, 0.15) is 39.7 Å². The van der Waals surface area contributed by atoms with Gasteiger partial charge in [-0.1, -0.05) is 73.3 Å². The maximum Gasteiger partial charge on any atom is 0.236 e. The average Bonchev–Trinajstić information content (AvgIpc) is 2.61. The Hall–Kier alpha value is -0.643. The highest BCUT2D eigenvalue weighted by Gasteiger charge is 2.56. The molecule has 0 saturated carbocycles. The van der Waals surface area contributed by atoms with Gasteiger partial charge in [0.25, 0.3) is 0 Å². The number of aryl methyl sites for hydroxylation is 1. The molecule has 4 nitrogen and oxygen atoms in total. The fourth-order valence-electron chi connectivity index (χ4n) is 3.60. The van der Waals surface area contributed by atoms with Crippen molar-refractivity contribution in [3.05, 3.63) is 38.8 Å². The molecule has 1 aromatic rings. The topological polar surface area (TPSA) is 41.9 Å². The van der Waals surface area contributed by atoms with Crippen molar-refractivity contribution in [2.24, 2.45) is 10.9 Å². The van der Waals surface area contributed by atoms with Gasteiger partial charge in [-0.3, -0.25) is 9.69 Å². The van der Waals surface area contributed by atoms with Crippen LogP contribution >= 0.6 is 34.4 Å². The number of amides is 1. The Morgan fingerprint density at radius 1 is 1.34 bits per heavy atom. The molecule has 2 heterocycles. The molecule has 1 aromatic carbocycles. The van der Waals surface area contributed by atoms with E-state index in [4.69, 9.17) is 9.42 Å². The van der Waals surface area contributed by atoms with Gasteiger partial charge in [0.1, 0.15) is 0 Å². The van der Waals surface area contributed by atoms with E-state index in [1.165, 1.54) is 4.91 Å². The first-order valence-electron chi connectivity index (χ1n) is 10.1. The van der Waals surface area contributed by atoms with Gasteiger partial charge in [0.2, 0.25) is 5.91 Å². The van der Waals surface area contributed by atoms with E-state index in [9.17, 15) is 4.79 Å². The maximum absolute atomic E-state index is 13.2. The van der Waals surface area contributed by atoms with Crippen molar-refractivity contribution in [2.45, 2.75) is 71.3 Å². The Balaban J connectivity index is 1.86. The second-order valence-corrected chi connectivity index (χ2v) is 15.9. The van der Waals surface area contributed by atoms with Crippen LogP contribution in [0.5, 0.6) is 0 Å². The molecule has 1 amide bonds. The number of β-lactam (4-membered cyclic amide) rings is 1. The number of thioether (sulfide) groups is 1. The molecule has 2 aliphatic rings. The van der Waals surface area contributed by atoms with Crippen molar-refractivity contribution in [1.82, 2.24) is 4.90 Å². The van der Waals surface area contributed by atoms with Crippen LogP contribution in [0.4, 0.5) is 5.69 Å². The lowest BCUT2D eigenvalue weighted by molar-refractivity contribution is -0.154. The van der Waals surface area contributed by atoms with Crippen molar-refractivity contribution in [1.29, 1.82) is 0 Å². The molecule has 2 fully saturated rings. The molecule has 0 aromatic heterocycles. The zero-order chi connectivity index (χ0) is 21.6. The number of hydrogen-bond donors (Lipinski definition) is 0. The van der Waals surface area contributed by atoms with Crippen molar-refractivity contribution >= 4 is 59.4 Å². The van der Waals surface area contributed by atoms with Crippen molar-refractivity contribution in [2.75, 3.05) is 0 Å². The van der Waals surface area contributed by atoms with E-state index in [-0.39, 0.29) is 29.0 Å². The predicted molar refractivity (Wildman–Crippen MR) is 134 cm³/mol. The standard InChI is InChI=1S/C22H31IN2O2SSi/c1-14-10-8-9-11-17(14)24-21-25-18(12-16(13-23)28-21)19(20(25)26)15(2)27-29(6,7)22(3,4)5/h8-11,13,15,18-19H,12H2,1-7H3/b16-13+,24-21?/t15-,18-,19-/m1/s1. The van der Waals surface area contributed by atoms with Gasteiger partial charge in [-0.15, -0.1) is 0 Å². The quantitative estimate of drug-likeness (QED) is 0.244. The normalized spacial score (nSPS) is 26.5. The molecule has 0 aliphatic carbocycles. The van der Waals surface area contributed by atoms with Crippen LogP contribution in [0, 0.1) is 12.8 Å². The average molecular weight is 543 g/mol. The highest BCUT2D eigenvalue weighted by Crippen LogP contribution is 2.47. The van der Waals surface area contributed by atoms with Gasteiger partial charge in [-0.05, 0) is 47.7 Å². The fraction of sp³-hybridized carbons (Fsp3) is 0.545. The third-order valence-electron chi connectivity index (χ3n) is 6.35. The third kappa shape index (κ3) is 4.52. The summed E-state index contributed by atoms with van der Waals surface area (Å²) in [5.74, 6) is 0.0481. The van der Waals surface area contributed by atoms with Crippen LogP contribution in [-0.2, 0) is 9.22 Å². The molecule has 2 aliphatic heterocycles. The molecular weight excluding hydrogens is 511 g/mol. The number of carbonyl (C=O) groups excluding carboxylic acids is 1. The fourth-order valence-corrected chi connectivity index (χ4v) is 6.67. The van der Waals surface area contributed by atoms with E-state index < -0.39 is 8.32 Å². The van der Waals surface area contributed by atoms with E-state index >= 15 is 0 Å². The molecule has 0 unspecified atom stereocenters. The first kappa shape index (κ1) is 23.0. The van der Waals surface area contributed by atoms with Crippen LogP contribution in [0.15, 0.2) is 38.2 Å². The minimum absolute atomic E-state index is 0.0806. The number of benzene rings is 1. The number of nitrogens with zero attached hydrogens (tertiary/aromatic N) is 2. The lowest BCUT2D eigenvalue weighted by Gasteiger charge is -2.53. The first-order valence-corrected chi connectivity index (χ1v) is 15.1. The Kier molecular flexibility index (Phi) is 6.73. The summed E-state index contributed by atoms with van der Waals surface area (Å²) in [7, 11) is -1.93. The SMILES string of the molecule is Cc1ccccc1N=C1S/C(=C/I)C[C@@H]2[C@@H]([C@@H](C)O[Si](C)(C)C(C)(C)C)C(=O)N12. The first-order chi connectivity index (χ1) is 13.5. The molecular formula is C22H31IN2O2SSi. The van der Waals surface area contributed by atoms with E-state index in [0.717, 1.165) is 22.8 Å². The lowest BCUT2D eigenvalue weighted by atomic mass is 9.81. The van der Waals surface area contributed by atoms with Gasteiger partial charge in [-0.25, -0.2) is 4.99 Å².